The molecule has 0 unspecified atom stereocenters. The molecule has 0 saturated carbocycles. The summed E-state index contributed by atoms with van der Waals surface area (Å²) in [6.07, 6.45) is 0. The Hall–Kier alpha value is -0.0751. The lowest BCUT2D eigenvalue weighted by molar-refractivity contribution is -0.180. The lowest BCUT2D eigenvalue weighted by Gasteiger charge is -2.39. The maximum atomic E-state index is 11.1. The Morgan fingerprint density at radius 3 is 2.50 bits per heavy atom. The normalized spacial score (nSPS) is 29.4. The fourth-order valence-electron chi connectivity index (χ4n) is 1.45. The van der Waals surface area contributed by atoms with Crippen molar-refractivity contribution in [3.05, 3.63) is 0 Å². The van der Waals surface area contributed by atoms with E-state index in [-0.39, 0.29) is 22.5 Å². The van der Waals surface area contributed by atoms with E-state index in [9.17, 15) is 9.59 Å². The number of nitrogens with one attached hydrogen (secondary N) is 1. The number of hydrogen-bond donors (Lipinski definition) is 1. The topological polar surface area (TPSA) is 73.9 Å². The smallest absolute Gasteiger partial charge is 0.388 e. The van der Waals surface area contributed by atoms with Crippen LogP contribution in [-0.4, -0.2) is 73.8 Å². The third-order valence-corrected chi connectivity index (χ3v) is 3.14. The highest BCUT2D eigenvalue weighted by Crippen LogP contribution is 2.15. The molecule has 0 aromatic rings. The molecular formula is C8H15Al2NO5. The number of rotatable bonds is 3. The van der Waals surface area contributed by atoms with E-state index >= 15 is 0 Å². The first-order valence-corrected chi connectivity index (χ1v) is 7.24. The summed E-state index contributed by atoms with van der Waals surface area (Å²) in [6.45, 7) is 2.14. The molecule has 16 heavy (non-hydrogen) atoms. The second kappa shape index (κ2) is 6.02. The fourth-order valence-corrected chi connectivity index (χ4v) is 1.93. The predicted molar refractivity (Wildman–Crippen MR) is 60.7 cm³/mol. The summed E-state index contributed by atoms with van der Waals surface area (Å²) in [4.78, 5) is 21.7. The zero-order valence-corrected chi connectivity index (χ0v) is 13.7. The molecule has 0 aromatic heterocycles. The van der Waals surface area contributed by atoms with Gasteiger partial charge in [-0.05, 0) is 0 Å². The van der Waals surface area contributed by atoms with Gasteiger partial charge in [0.15, 0.2) is 4.83 Å². The van der Waals surface area contributed by atoms with Crippen LogP contribution in [0.5, 0.6) is 0 Å². The van der Waals surface area contributed by atoms with Crippen LogP contribution in [0, 0.1) is 0 Å². The van der Waals surface area contributed by atoms with Gasteiger partial charge < -0.3 is 19.5 Å². The van der Waals surface area contributed by atoms with Gasteiger partial charge >= 0.3 is 32.6 Å². The Morgan fingerprint density at radius 1 is 1.50 bits per heavy atom. The molecule has 1 aliphatic heterocycles. The minimum absolute atomic E-state index is 0.100. The van der Waals surface area contributed by atoms with Crippen molar-refractivity contribution in [3.63, 3.8) is 0 Å². The molecule has 1 N–H and O–H groups in total. The highest BCUT2D eigenvalue weighted by Gasteiger charge is 2.37. The maximum Gasteiger partial charge on any atom is 0.388 e. The molecule has 8 heteroatoms. The quantitative estimate of drug-likeness (QED) is 0.572. The van der Waals surface area contributed by atoms with E-state index in [4.69, 9.17) is 14.2 Å². The lowest BCUT2D eigenvalue weighted by Crippen LogP contribution is -2.61. The van der Waals surface area contributed by atoms with E-state index in [0.29, 0.717) is 29.5 Å². The molecule has 1 fully saturated rings. The summed E-state index contributed by atoms with van der Waals surface area (Å²) in [7, 11) is 0. The van der Waals surface area contributed by atoms with E-state index in [1.165, 1.54) is 6.92 Å². The highest BCUT2D eigenvalue weighted by atomic mass is 27.1. The lowest BCUT2D eigenvalue weighted by atomic mass is 10.0. The van der Waals surface area contributed by atoms with E-state index in [2.05, 4.69) is 5.32 Å². The zero-order valence-electron chi connectivity index (χ0n) is 9.74. The SMILES string of the molecule is CC(=O)NC1(CO[C](=O)[AlH2])CO[CH]([AlH2])OC1. The average Bonchev–Trinajstić information content (AvgIpc) is 2.19. The third-order valence-electron chi connectivity index (χ3n) is 2.18. The molecule has 1 saturated heterocycles. The summed E-state index contributed by atoms with van der Waals surface area (Å²) < 4.78 is 15.7. The van der Waals surface area contributed by atoms with Crippen LogP contribution >= 0.6 is 0 Å². The highest BCUT2D eigenvalue weighted by molar-refractivity contribution is 6.55. The summed E-state index contributed by atoms with van der Waals surface area (Å²) in [6, 6.07) is 0. The van der Waals surface area contributed by atoms with E-state index < -0.39 is 5.54 Å². The van der Waals surface area contributed by atoms with Crippen molar-refractivity contribution < 1.29 is 23.8 Å². The van der Waals surface area contributed by atoms with E-state index in [1.54, 1.807) is 0 Å². The standard InChI is InChI=1S/C8H11NO5.2Al.4H/c1-7(11)9-8(2-12-5-10)3-13-6-14-4-8;;;;;;/h6H,2-4H2,1H3,(H,9,11);;;;;;. The van der Waals surface area contributed by atoms with Crippen molar-refractivity contribution in [2.24, 2.45) is 0 Å². The molecule has 1 rings (SSSR count). The van der Waals surface area contributed by atoms with Gasteiger partial charge in [0.2, 0.25) is 5.91 Å². The Balaban J connectivity index is 2.61. The molecule has 0 aromatic carbocycles. The van der Waals surface area contributed by atoms with Gasteiger partial charge in [-0.2, -0.15) is 0 Å². The second-order valence-electron chi connectivity index (χ2n) is 3.93. The number of carbonyl (C=O) groups is 2. The van der Waals surface area contributed by atoms with E-state index in [0.717, 1.165) is 16.3 Å². The van der Waals surface area contributed by atoms with Gasteiger partial charge in [0.25, 0.3) is 0 Å². The van der Waals surface area contributed by atoms with Crippen LogP contribution < -0.4 is 5.32 Å². The van der Waals surface area contributed by atoms with Crippen molar-refractivity contribution in [1.29, 1.82) is 0 Å². The van der Waals surface area contributed by atoms with Crippen LogP contribution in [0.15, 0.2) is 0 Å². The second-order valence-corrected chi connectivity index (χ2v) is 5.69. The molecular weight excluding hydrogens is 244 g/mol. The van der Waals surface area contributed by atoms with Gasteiger partial charge in [-0.25, -0.2) is 0 Å². The van der Waals surface area contributed by atoms with Gasteiger partial charge in [0.05, 0.1) is 18.4 Å². The molecule has 0 aliphatic carbocycles. The summed E-state index contributed by atoms with van der Waals surface area (Å²) >= 11 is 1.10. The largest absolute Gasteiger partial charge is 0.478 e. The fraction of sp³-hybridized carbons (Fsp3) is 0.750. The summed E-state index contributed by atoms with van der Waals surface area (Å²) in [5.74, 6) is -0.191. The molecule has 1 aliphatic rings. The first-order valence-electron chi connectivity index (χ1n) is 5.09. The molecule has 88 valence electrons. The van der Waals surface area contributed by atoms with Gasteiger partial charge in [0, 0.05) is 6.92 Å². The van der Waals surface area contributed by atoms with Crippen molar-refractivity contribution in [1.82, 2.24) is 5.32 Å². The minimum Gasteiger partial charge on any atom is -0.478 e. The first-order chi connectivity index (χ1) is 7.43. The number of hydrogen-bond acceptors (Lipinski definition) is 5. The minimum atomic E-state index is -0.729. The monoisotopic (exact) mass is 259 g/mol. The van der Waals surface area contributed by atoms with E-state index in [1.807, 2.05) is 0 Å². The number of ether oxygens (including phenoxy) is 3. The van der Waals surface area contributed by atoms with Gasteiger partial charge in [-0.1, -0.05) is 0 Å². The number of amides is 1. The Labute approximate surface area is 110 Å². The zero-order chi connectivity index (χ0) is 12.2. The average molecular weight is 259 g/mol. The Kier molecular flexibility index (Phi) is 5.26. The molecule has 0 atom stereocenters. The summed E-state index contributed by atoms with van der Waals surface area (Å²) in [5.41, 5.74) is -0.729. The van der Waals surface area contributed by atoms with Crippen LogP contribution in [0.3, 0.4) is 0 Å². The third kappa shape index (κ3) is 4.43. The molecule has 0 spiro atoms. The number of carbonyl (C=O) groups excluding carboxylic acids is 2. The Morgan fingerprint density at radius 2 is 2.06 bits per heavy atom. The van der Waals surface area contributed by atoms with Crippen LogP contribution in [0.25, 0.3) is 0 Å². The van der Waals surface area contributed by atoms with Crippen LogP contribution in [0.2, 0.25) is 0 Å². The molecule has 1 amide bonds. The summed E-state index contributed by atoms with van der Waals surface area (Å²) in [5, 5.41) is 2.58. The van der Waals surface area contributed by atoms with Crippen LogP contribution in [-0.2, 0) is 19.0 Å². The van der Waals surface area contributed by atoms with Crippen molar-refractivity contribution in [3.8, 4) is 0 Å². The first kappa shape index (κ1) is 14.0. The van der Waals surface area contributed by atoms with Gasteiger partial charge in [-0.15, -0.1) is 0 Å². The Bertz CT molecular complexity index is 278. The predicted octanol–water partition coefficient (Wildman–Crippen LogP) is -2.41. The van der Waals surface area contributed by atoms with Crippen LogP contribution in [0.4, 0.5) is 4.79 Å². The van der Waals surface area contributed by atoms with Crippen molar-refractivity contribution in [2.75, 3.05) is 19.8 Å². The van der Waals surface area contributed by atoms with Crippen molar-refractivity contribution in [2.45, 2.75) is 17.6 Å². The molecule has 6 nitrogen and oxygen atoms in total. The molecule has 0 bridgehead atoms. The van der Waals surface area contributed by atoms with Crippen molar-refractivity contribution >= 4 is 43.3 Å². The molecule has 1 heterocycles. The maximum absolute atomic E-state index is 11.1. The van der Waals surface area contributed by atoms with Crippen LogP contribution in [0.1, 0.15) is 6.92 Å². The molecule has 0 radical (unpaired) electrons. The van der Waals surface area contributed by atoms with Gasteiger partial charge in [0.1, 0.15) is 12.1 Å². The van der Waals surface area contributed by atoms with Gasteiger partial charge in [-0.3, -0.25) is 9.59 Å².